The number of hydrogen-bond acceptors (Lipinski definition) is 3. The first-order valence-corrected chi connectivity index (χ1v) is 8.36. The molecule has 2 rings (SSSR count). The molecule has 0 aliphatic rings. The summed E-state index contributed by atoms with van der Waals surface area (Å²) in [5, 5.41) is 2.82. The first-order chi connectivity index (χ1) is 12.0. The lowest BCUT2D eigenvalue weighted by atomic mass is 10.1. The normalized spacial score (nSPS) is 10.2. The van der Waals surface area contributed by atoms with E-state index >= 15 is 0 Å². The van der Waals surface area contributed by atoms with Crippen molar-refractivity contribution in [3.05, 3.63) is 59.7 Å². The van der Waals surface area contributed by atoms with Gasteiger partial charge in [0, 0.05) is 30.4 Å². The average molecular weight is 340 g/mol. The molecule has 5 heteroatoms. The second kappa shape index (κ2) is 8.87. The molecule has 0 fully saturated rings. The Morgan fingerprint density at radius 2 is 1.60 bits per heavy atom. The van der Waals surface area contributed by atoms with E-state index in [2.05, 4.69) is 12.2 Å². The van der Waals surface area contributed by atoms with Gasteiger partial charge in [-0.25, -0.2) is 0 Å². The number of nitrogens with zero attached hydrogens (tertiary/aromatic N) is 1. The molecule has 0 saturated carbocycles. The van der Waals surface area contributed by atoms with Crippen LogP contribution in [0, 0.1) is 0 Å². The van der Waals surface area contributed by atoms with Crippen molar-refractivity contribution in [1.29, 1.82) is 0 Å². The molecule has 25 heavy (non-hydrogen) atoms. The van der Waals surface area contributed by atoms with Gasteiger partial charge in [0.15, 0.2) is 0 Å². The Morgan fingerprint density at radius 1 is 1.00 bits per heavy atom. The molecule has 2 amide bonds. The minimum absolute atomic E-state index is 0.0319. The second-order valence-corrected chi connectivity index (χ2v) is 5.84. The highest BCUT2D eigenvalue weighted by Gasteiger charge is 2.12. The Bertz CT molecular complexity index is 709. The number of anilines is 1. The van der Waals surface area contributed by atoms with Crippen LogP contribution in [0.25, 0.3) is 0 Å². The summed E-state index contributed by atoms with van der Waals surface area (Å²) in [6, 6.07) is 13.8. The predicted molar refractivity (Wildman–Crippen MR) is 99.3 cm³/mol. The van der Waals surface area contributed by atoms with E-state index in [1.807, 2.05) is 0 Å². The van der Waals surface area contributed by atoms with E-state index in [0.717, 1.165) is 25.1 Å². The van der Waals surface area contributed by atoms with E-state index in [0.29, 0.717) is 16.8 Å². The molecule has 0 aliphatic carbocycles. The van der Waals surface area contributed by atoms with Crippen molar-refractivity contribution in [3.63, 3.8) is 0 Å². The van der Waals surface area contributed by atoms with Gasteiger partial charge in [-0.1, -0.05) is 13.3 Å². The van der Waals surface area contributed by atoms with Crippen LogP contribution in [0.5, 0.6) is 5.75 Å². The smallest absolute Gasteiger partial charge is 0.255 e. The van der Waals surface area contributed by atoms with Gasteiger partial charge in [-0.15, -0.1) is 0 Å². The fourth-order valence-electron chi connectivity index (χ4n) is 2.36. The Labute approximate surface area is 148 Å². The summed E-state index contributed by atoms with van der Waals surface area (Å²) in [7, 11) is 3.39. The maximum atomic E-state index is 12.3. The van der Waals surface area contributed by atoms with Crippen molar-refractivity contribution in [2.24, 2.45) is 0 Å². The molecule has 0 unspecified atom stereocenters. The first kappa shape index (κ1) is 18.5. The average Bonchev–Trinajstić information content (AvgIpc) is 2.66. The van der Waals surface area contributed by atoms with Gasteiger partial charge < -0.3 is 15.0 Å². The minimum atomic E-state index is -0.219. The number of unbranched alkanes of at least 4 members (excludes halogenated alkanes) is 1. The molecule has 0 bridgehead atoms. The van der Waals surface area contributed by atoms with Crippen LogP contribution in [0.15, 0.2) is 48.5 Å². The summed E-state index contributed by atoms with van der Waals surface area (Å²) < 4.78 is 5.09. The van der Waals surface area contributed by atoms with Gasteiger partial charge in [-0.3, -0.25) is 9.59 Å². The molecule has 2 aromatic carbocycles. The number of rotatable bonds is 7. The molecular weight excluding hydrogens is 316 g/mol. The molecule has 0 atom stereocenters. The lowest BCUT2D eigenvalue weighted by Gasteiger charge is -2.16. The molecule has 0 radical (unpaired) electrons. The third kappa shape index (κ3) is 5.08. The molecule has 0 aliphatic heterocycles. The number of nitrogens with one attached hydrogen (secondary N) is 1. The van der Waals surface area contributed by atoms with E-state index in [1.54, 1.807) is 67.6 Å². The molecular formula is C20H24N2O3. The number of methoxy groups -OCH3 is 1. The van der Waals surface area contributed by atoms with E-state index in [9.17, 15) is 9.59 Å². The first-order valence-electron chi connectivity index (χ1n) is 8.36. The number of hydrogen-bond donors (Lipinski definition) is 1. The van der Waals surface area contributed by atoms with Crippen LogP contribution >= 0.6 is 0 Å². The van der Waals surface area contributed by atoms with Gasteiger partial charge in [0.05, 0.1) is 7.11 Å². The fourth-order valence-corrected chi connectivity index (χ4v) is 2.36. The summed E-state index contributed by atoms with van der Waals surface area (Å²) in [5.74, 6) is 0.479. The zero-order valence-electron chi connectivity index (χ0n) is 14.9. The maximum absolute atomic E-state index is 12.3. The van der Waals surface area contributed by atoms with E-state index in [4.69, 9.17) is 4.74 Å². The van der Waals surface area contributed by atoms with Crippen LogP contribution in [0.4, 0.5) is 5.69 Å². The molecule has 1 N–H and O–H groups in total. The van der Waals surface area contributed by atoms with Crippen LogP contribution < -0.4 is 10.1 Å². The second-order valence-electron chi connectivity index (χ2n) is 5.84. The lowest BCUT2D eigenvalue weighted by molar-refractivity contribution is 0.0792. The van der Waals surface area contributed by atoms with Crippen LogP contribution in [-0.2, 0) is 0 Å². The highest BCUT2D eigenvalue weighted by Crippen LogP contribution is 2.16. The summed E-state index contributed by atoms with van der Waals surface area (Å²) >= 11 is 0. The van der Waals surface area contributed by atoms with E-state index < -0.39 is 0 Å². The highest BCUT2D eigenvalue weighted by molar-refractivity contribution is 6.05. The fraction of sp³-hybridized carbons (Fsp3) is 0.300. The zero-order chi connectivity index (χ0) is 18.2. The number of carbonyl (C=O) groups is 2. The van der Waals surface area contributed by atoms with E-state index in [-0.39, 0.29) is 11.8 Å². The van der Waals surface area contributed by atoms with Gasteiger partial charge in [-0.05, 0) is 55.0 Å². The Balaban J connectivity index is 2.00. The molecule has 0 spiro atoms. The largest absolute Gasteiger partial charge is 0.497 e. The quantitative estimate of drug-likeness (QED) is 0.833. The van der Waals surface area contributed by atoms with Gasteiger partial charge in [-0.2, -0.15) is 0 Å². The van der Waals surface area contributed by atoms with Crippen LogP contribution in [0.3, 0.4) is 0 Å². The van der Waals surface area contributed by atoms with Crippen LogP contribution in [-0.4, -0.2) is 37.4 Å². The Kier molecular flexibility index (Phi) is 6.57. The number of carbonyl (C=O) groups excluding carboxylic acids is 2. The number of ether oxygens (including phenoxy) is 1. The molecule has 5 nitrogen and oxygen atoms in total. The third-order valence-electron chi connectivity index (χ3n) is 3.94. The van der Waals surface area contributed by atoms with Gasteiger partial charge >= 0.3 is 0 Å². The molecule has 0 heterocycles. The molecule has 0 saturated heterocycles. The highest BCUT2D eigenvalue weighted by atomic mass is 16.5. The van der Waals surface area contributed by atoms with Crippen molar-refractivity contribution in [3.8, 4) is 5.75 Å². The number of amides is 2. The van der Waals surface area contributed by atoms with Crippen molar-refractivity contribution >= 4 is 17.5 Å². The van der Waals surface area contributed by atoms with Crippen LogP contribution in [0.1, 0.15) is 40.5 Å². The van der Waals surface area contributed by atoms with Crippen molar-refractivity contribution in [2.45, 2.75) is 19.8 Å². The lowest BCUT2D eigenvalue weighted by Crippen LogP contribution is -2.27. The van der Waals surface area contributed by atoms with Gasteiger partial charge in [0.2, 0.25) is 0 Å². The Hall–Kier alpha value is -2.82. The monoisotopic (exact) mass is 340 g/mol. The standard InChI is InChI=1S/C20H24N2O3/c1-4-5-14-22(2)20(24)16-8-6-15(7-9-16)19(23)21-17-10-12-18(25-3)13-11-17/h6-13H,4-5,14H2,1-3H3,(H,21,23). The maximum Gasteiger partial charge on any atom is 0.255 e. The van der Waals surface area contributed by atoms with Crippen LogP contribution in [0.2, 0.25) is 0 Å². The van der Waals surface area contributed by atoms with Crippen molar-refractivity contribution in [2.75, 3.05) is 26.0 Å². The minimum Gasteiger partial charge on any atom is -0.497 e. The topological polar surface area (TPSA) is 58.6 Å². The predicted octanol–water partition coefficient (Wildman–Crippen LogP) is 3.82. The number of benzene rings is 2. The third-order valence-corrected chi connectivity index (χ3v) is 3.94. The Morgan fingerprint density at radius 3 is 2.16 bits per heavy atom. The van der Waals surface area contributed by atoms with Crippen molar-refractivity contribution < 1.29 is 14.3 Å². The summed E-state index contributed by atoms with van der Waals surface area (Å²) in [5.41, 5.74) is 1.77. The van der Waals surface area contributed by atoms with Crippen molar-refractivity contribution in [1.82, 2.24) is 4.90 Å². The summed E-state index contributed by atoms with van der Waals surface area (Å²) in [4.78, 5) is 26.3. The van der Waals surface area contributed by atoms with Gasteiger partial charge in [0.1, 0.15) is 5.75 Å². The molecule has 132 valence electrons. The molecule has 2 aromatic rings. The SMILES string of the molecule is CCCCN(C)C(=O)c1ccc(C(=O)Nc2ccc(OC)cc2)cc1. The zero-order valence-corrected chi connectivity index (χ0v) is 14.9. The summed E-state index contributed by atoms with van der Waals surface area (Å²) in [6.45, 7) is 2.82. The van der Waals surface area contributed by atoms with Gasteiger partial charge in [0.25, 0.3) is 11.8 Å². The molecule has 0 aromatic heterocycles. The van der Waals surface area contributed by atoms with E-state index in [1.165, 1.54) is 0 Å². The summed E-state index contributed by atoms with van der Waals surface area (Å²) in [6.07, 6.45) is 2.02.